The van der Waals surface area contributed by atoms with Crippen molar-refractivity contribution in [1.29, 1.82) is 0 Å². The minimum Gasteiger partial charge on any atom is -0.329 e. The molecule has 2 atom stereocenters. The van der Waals surface area contributed by atoms with Gasteiger partial charge in [-0.15, -0.1) is 0 Å². The van der Waals surface area contributed by atoms with Crippen LogP contribution in [-0.4, -0.2) is 22.4 Å². The van der Waals surface area contributed by atoms with Crippen molar-refractivity contribution in [3.8, 4) is 0 Å². The molecule has 1 fully saturated rings. The highest BCUT2D eigenvalue weighted by atomic mass is 35.5. The van der Waals surface area contributed by atoms with Gasteiger partial charge in [-0.05, 0) is 39.0 Å². The second-order valence-corrected chi connectivity index (χ2v) is 6.35. The predicted octanol–water partition coefficient (Wildman–Crippen LogP) is 2.88. The average molecular weight is 285 g/mol. The molecule has 1 aromatic carbocycles. The monoisotopic (exact) mass is 284 g/mol. The van der Waals surface area contributed by atoms with Crippen LogP contribution in [0.15, 0.2) is 18.2 Å². The van der Waals surface area contributed by atoms with E-state index in [1.165, 1.54) is 12.1 Å². The van der Waals surface area contributed by atoms with Crippen molar-refractivity contribution < 1.29 is 9.18 Å². The predicted molar refractivity (Wildman–Crippen MR) is 73.3 cm³/mol. The summed E-state index contributed by atoms with van der Waals surface area (Å²) in [7, 11) is 0. The number of nitrogens with two attached hydrogens (primary N) is 1. The maximum atomic E-state index is 14.0. The molecule has 1 aromatic rings. The Hall–Kier alpha value is -1.13. The summed E-state index contributed by atoms with van der Waals surface area (Å²) in [5.41, 5.74) is 6.01. The minimum absolute atomic E-state index is 0.0515. The molecule has 3 nitrogen and oxygen atoms in total. The molecule has 0 bridgehead atoms. The zero-order valence-electron chi connectivity index (χ0n) is 11.3. The zero-order chi connectivity index (χ0) is 14.4. The maximum Gasteiger partial charge on any atom is 0.225 e. The number of halogens is 2. The van der Waals surface area contributed by atoms with Gasteiger partial charge in [-0.25, -0.2) is 4.39 Å². The average Bonchev–Trinajstić information content (AvgIpc) is 2.56. The Labute approximate surface area is 117 Å². The molecule has 2 unspecified atom stereocenters. The SMILES string of the molecule is CC(C)(C)N1C(=O)CC(N)C1c1cc(Cl)ccc1F. The van der Waals surface area contributed by atoms with Gasteiger partial charge in [-0.3, -0.25) is 4.79 Å². The minimum atomic E-state index is -0.466. The highest BCUT2D eigenvalue weighted by Crippen LogP contribution is 2.39. The van der Waals surface area contributed by atoms with E-state index < -0.39 is 17.6 Å². The molecule has 1 aliphatic heterocycles. The lowest BCUT2D eigenvalue weighted by Crippen LogP contribution is -2.45. The van der Waals surface area contributed by atoms with Gasteiger partial charge in [0, 0.05) is 28.6 Å². The third-order valence-corrected chi connectivity index (χ3v) is 3.60. The summed E-state index contributed by atoms with van der Waals surface area (Å²) in [6.07, 6.45) is 0.230. The van der Waals surface area contributed by atoms with Crippen molar-refractivity contribution in [3.05, 3.63) is 34.6 Å². The number of likely N-dealkylation sites (tertiary alicyclic amines) is 1. The fraction of sp³-hybridized carbons (Fsp3) is 0.500. The first-order valence-corrected chi connectivity index (χ1v) is 6.62. The van der Waals surface area contributed by atoms with E-state index in [1.807, 2.05) is 20.8 Å². The molecule has 0 aromatic heterocycles. The molecule has 0 saturated carbocycles. The summed E-state index contributed by atoms with van der Waals surface area (Å²) >= 11 is 5.93. The smallest absolute Gasteiger partial charge is 0.225 e. The quantitative estimate of drug-likeness (QED) is 0.862. The lowest BCUT2D eigenvalue weighted by molar-refractivity contribution is -0.133. The van der Waals surface area contributed by atoms with Gasteiger partial charge in [0.2, 0.25) is 5.91 Å². The number of rotatable bonds is 1. The molecule has 2 rings (SSSR count). The van der Waals surface area contributed by atoms with E-state index in [9.17, 15) is 9.18 Å². The standard InChI is InChI=1S/C14H18ClFN2O/c1-14(2,3)18-12(19)7-11(17)13(18)9-6-8(15)4-5-10(9)16/h4-6,11,13H,7,17H2,1-3H3. The van der Waals surface area contributed by atoms with Crippen LogP contribution >= 0.6 is 11.6 Å². The number of hydrogen-bond acceptors (Lipinski definition) is 2. The number of amides is 1. The van der Waals surface area contributed by atoms with Crippen LogP contribution in [-0.2, 0) is 4.79 Å². The Kier molecular flexibility index (Phi) is 3.58. The van der Waals surface area contributed by atoms with Crippen LogP contribution in [0.5, 0.6) is 0 Å². The Morgan fingerprint density at radius 2 is 2.05 bits per heavy atom. The van der Waals surface area contributed by atoms with E-state index in [1.54, 1.807) is 11.0 Å². The van der Waals surface area contributed by atoms with Crippen molar-refractivity contribution in [1.82, 2.24) is 4.90 Å². The van der Waals surface area contributed by atoms with Gasteiger partial charge >= 0.3 is 0 Å². The summed E-state index contributed by atoms with van der Waals surface area (Å²) in [6, 6.07) is 3.47. The number of carbonyl (C=O) groups excluding carboxylic acids is 1. The number of nitrogens with zero attached hydrogens (tertiary/aromatic N) is 1. The molecule has 1 heterocycles. The van der Waals surface area contributed by atoms with Crippen LogP contribution in [0.2, 0.25) is 5.02 Å². The fourth-order valence-corrected chi connectivity index (χ4v) is 2.84. The molecule has 0 aliphatic carbocycles. The van der Waals surface area contributed by atoms with E-state index in [0.717, 1.165) is 0 Å². The third kappa shape index (κ3) is 2.60. The summed E-state index contributed by atoms with van der Waals surface area (Å²) in [5.74, 6) is -0.432. The normalized spacial score (nSPS) is 24.1. The highest BCUT2D eigenvalue weighted by molar-refractivity contribution is 6.30. The van der Waals surface area contributed by atoms with Crippen LogP contribution in [0, 0.1) is 5.82 Å². The first kappa shape index (κ1) is 14.3. The van der Waals surface area contributed by atoms with Crippen molar-refractivity contribution >= 4 is 17.5 Å². The van der Waals surface area contributed by atoms with Crippen molar-refractivity contribution in [2.45, 2.75) is 44.8 Å². The van der Waals surface area contributed by atoms with Crippen LogP contribution in [0.1, 0.15) is 38.8 Å². The van der Waals surface area contributed by atoms with Gasteiger partial charge in [-0.1, -0.05) is 11.6 Å². The molecule has 0 radical (unpaired) electrons. The van der Waals surface area contributed by atoms with Crippen molar-refractivity contribution in [3.63, 3.8) is 0 Å². The summed E-state index contributed by atoms with van der Waals surface area (Å²) in [4.78, 5) is 13.8. The highest BCUT2D eigenvalue weighted by Gasteiger charge is 2.44. The number of carbonyl (C=O) groups is 1. The molecule has 0 spiro atoms. The van der Waals surface area contributed by atoms with Crippen molar-refractivity contribution in [2.24, 2.45) is 5.73 Å². The maximum absolute atomic E-state index is 14.0. The summed E-state index contributed by atoms with van der Waals surface area (Å²) < 4.78 is 14.0. The second-order valence-electron chi connectivity index (χ2n) is 5.91. The largest absolute Gasteiger partial charge is 0.329 e. The van der Waals surface area contributed by atoms with E-state index in [2.05, 4.69) is 0 Å². The number of hydrogen-bond donors (Lipinski definition) is 1. The fourth-order valence-electron chi connectivity index (χ4n) is 2.66. The van der Waals surface area contributed by atoms with Crippen LogP contribution in [0.3, 0.4) is 0 Å². The van der Waals surface area contributed by atoms with E-state index >= 15 is 0 Å². The molecule has 5 heteroatoms. The lowest BCUT2D eigenvalue weighted by atomic mass is 9.96. The van der Waals surface area contributed by atoms with Crippen LogP contribution in [0.25, 0.3) is 0 Å². The summed E-state index contributed by atoms with van der Waals surface area (Å²) in [6.45, 7) is 5.75. The molecular formula is C14H18ClFN2O. The van der Waals surface area contributed by atoms with E-state index in [0.29, 0.717) is 10.6 Å². The van der Waals surface area contributed by atoms with Gasteiger partial charge in [0.15, 0.2) is 0 Å². The Bertz CT molecular complexity index is 513. The Morgan fingerprint density at radius 3 is 2.63 bits per heavy atom. The van der Waals surface area contributed by atoms with Gasteiger partial charge in [0.05, 0.1) is 6.04 Å². The Morgan fingerprint density at radius 1 is 1.42 bits per heavy atom. The van der Waals surface area contributed by atoms with Gasteiger partial charge in [0.25, 0.3) is 0 Å². The van der Waals surface area contributed by atoms with Gasteiger partial charge in [-0.2, -0.15) is 0 Å². The topological polar surface area (TPSA) is 46.3 Å². The van der Waals surface area contributed by atoms with Gasteiger partial charge in [0.1, 0.15) is 5.82 Å². The molecule has 104 valence electrons. The first-order valence-electron chi connectivity index (χ1n) is 6.24. The molecule has 1 amide bonds. The molecule has 19 heavy (non-hydrogen) atoms. The van der Waals surface area contributed by atoms with Gasteiger partial charge < -0.3 is 10.6 Å². The first-order chi connectivity index (χ1) is 8.71. The van der Waals surface area contributed by atoms with Crippen LogP contribution < -0.4 is 5.73 Å². The Balaban J connectivity index is 2.51. The lowest BCUT2D eigenvalue weighted by Gasteiger charge is -2.38. The molecular weight excluding hydrogens is 267 g/mol. The summed E-state index contributed by atoms with van der Waals surface area (Å²) in [5, 5.41) is 0.441. The zero-order valence-corrected chi connectivity index (χ0v) is 12.0. The third-order valence-electron chi connectivity index (χ3n) is 3.36. The van der Waals surface area contributed by atoms with E-state index in [-0.39, 0.29) is 18.1 Å². The van der Waals surface area contributed by atoms with Crippen molar-refractivity contribution in [2.75, 3.05) is 0 Å². The molecule has 1 aliphatic rings. The molecule has 2 N–H and O–H groups in total. The number of benzene rings is 1. The van der Waals surface area contributed by atoms with Crippen LogP contribution in [0.4, 0.5) is 4.39 Å². The molecule has 1 saturated heterocycles. The van der Waals surface area contributed by atoms with E-state index in [4.69, 9.17) is 17.3 Å². The second kappa shape index (κ2) is 4.76.